The van der Waals surface area contributed by atoms with Crippen LogP contribution in [0.3, 0.4) is 0 Å². The Labute approximate surface area is 91.7 Å². The van der Waals surface area contributed by atoms with Gasteiger partial charge in [0.1, 0.15) is 0 Å². The van der Waals surface area contributed by atoms with Crippen LogP contribution in [0, 0.1) is 0 Å². The van der Waals surface area contributed by atoms with E-state index in [-0.39, 0.29) is 6.61 Å². The minimum absolute atomic E-state index is 0.165. The van der Waals surface area contributed by atoms with Crippen molar-refractivity contribution < 1.29 is 10.2 Å². The summed E-state index contributed by atoms with van der Waals surface area (Å²) in [5, 5.41) is 20.8. The first kappa shape index (κ1) is 12.9. The molecule has 0 aromatic heterocycles. The van der Waals surface area contributed by atoms with Gasteiger partial charge in [-0.15, -0.1) is 0 Å². The van der Waals surface area contributed by atoms with Crippen molar-refractivity contribution in [3.63, 3.8) is 0 Å². The standard InChI is InChI=1S/C10H23N3O2/c1-12-4-6-13(7-5-12)3-2-11-8-10(15)9-14/h10-11,14-15H,2-9H2,1H3. The summed E-state index contributed by atoms with van der Waals surface area (Å²) in [6.45, 7) is 6.73. The smallest absolute Gasteiger partial charge is 0.0894 e. The second-order valence-corrected chi connectivity index (χ2v) is 4.19. The number of nitrogens with zero attached hydrogens (tertiary/aromatic N) is 2. The summed E-state index contributed by atoms with van der Waals surface area (Å²) in [4.78, 5) is 4.75. The van der Waals surface area contributed by atoms with E-state index in [1.807, 2.05) is 0 Å². The van der Waals surface area contributed by atoms with E-state index in [0.717, 1.165) is 39.3 Å². The van der Waals surface area contributed by atoms with Crippen LogP contribution >= 0.6 is 0 Å². The van der Waals surface area contributed by atoms with Crippen LogP contribution in [0.4, 0.5) is 0 Å². The molecule has 1 fully saturated rings. The summed E-state index contributed by atoms with van der Waals surface area (Å²) in [5.41, 5.74) is 0. The van der Waals surface area contributed by atoms with Crippen LogP contribution < -0.4 is 5.32 Å². The SMILES string of the molecule is CN1CCN(CCNCC(O)CO)CC1. The molecule has 0 spiro atoms. The second kappa shape index (κ2) is 7.14. The molecule has 0 bridgehead atoms. The first-order valence-electron chi connectivity index (χ1n) is 5.63. The third-order valence-electron chi connectivity index (χ3n) is 2.79. The summed E-state index contributed by atoms with van der Waals surface area (Å²) in [5.74, 6) is 0. The summed E-state index contributed by atoms with van der Waals surface area (Å²) in [7, 11) is 2.15. The fourth-order valence-corrected chi connectivity index (χ4v) is 1.64. The van der Waals surface area contributed by atoms with E-state index in [2.05, 4.69) is 22.2 Å². The van der Waals surface area contributed by atoms with Crippen molar-refractivity contribution >= 4 is 0 Å². The Bertz CT molecular complexity index is 161. The molecule has 0 aromatic carbocycles. The molecule has 0 aliphatic carbocycles. The maximum atomic E-state index is 9.10. The summed E-state index contributed by atoms with van der Waals surface area (Å²) < 4.78 is 0. The molecular formula is C10H23N3O2. The lowest BCUT2D eigenvalue weighted by molar-refractivity contribution is 0.0927. The maximum absolute atomic E-state index is 9.10. The molecule has 0 amide bonds. The first-order valence-corrected chi connectivity index (χ1v) is 5.63. The molecule has 1 saturated heterocycles. The van der Waals surface area contributed by atoms with E-state index >= 15 is 0 Å². The van der Waals surface area contributed by atoms with Gasteiger partial charge in [-0.05, 0) is 7.05 Å². The number of hydrogen-bond donors (Lipinski definition) is 3. The van der Waals surface area contributed by atoms with E-state index in [9.17, 15) is 0 Å². The van der Waals surface area contributed by atoms with Crippen molar-refractivity contribution in [1.82, 2.24) is 15.1 Å². The molecule has 5 nitrogen and oxygen atoms in total. The lowest BCUT2D eigenvalue weighted by Crippen LogP contribution is -2.47. The van der Waals surface area contributed by atoms with Crippen LogP contribution in [-0.2, 0) is 0 Å². The zero-order valence-electron chi connectivity index (χ0n) is 9.52. The van der Waals surface area contributed by atoms with Crippen molar-refractivity contribution in [2.24, 2.45) is 0 Å². The third kappa shape index (κ3) is 5.44. The first-order chi connectivity index (χ1) is 7.22. The molecule has 3 N–H and O–H groups in total. The molecule has 15 heavy (non-hydrogen) atoms. The molecular weight excluding hydrogens is 194 g/mol. The normalized spacial score (nSPS) is 21.8. The fourth-order valence-electron chi connectivity index (χ4n) is 1.64. The van der Waals surface area contributed by atoms with Gasteiger partial charge < -0.3 is 20.4 Å². The predicted molar refractivity (Wildman–Crippen MR) is 59.9 cm³/mol. The largest absolute Gasteiger partial charge is 0.394 e. The lowest BCUT2D eigenvalue weighted by atomic mass is 10.3. The van der Waals surface area contributed by atoms with Crippen molar-refractivity contribution in [1.29, 1.82) is 0 Å². The van der Waals surface area contributed by atoms with Gasteiger partial charge in [0.25, 0.3) is 0 Å². The third-order valence-corrected chi connectivity index (χ3v) is 2.79. The van der Waals surface area contributed by atoms with Crippen LogP contribution in [0.5, 0.6) is 0 Å². The summed E-state index contributed by atoms with van der Waals surface area (Å²) in [6, 6.07) is 0. The highest BCUT2D eigenvalue weighted by Crippen LogP contribution is 1.97. The molecule has 0 saturated carbocycles. The van der Waals surface area contributed by atoms with E-state index in [1.165, 1.54) is 0 Å². The van der Waals surface area contributed by atoms with Crippen molar-refractivity contribution in [2.45, 2.75) is 6.10 Å². The maximum Gasteiger partial charge on any atom is 0.0894 e. The van der Waals surface area contributed by atoms with Crippen molar-refractivity contribution in [3.8, 4) is 0 Å². The van der Waals surface area contributed by atoms with Crippen LogP contribution in [0.1, 0.15) is 0 Å². The number of nitrogens with one attached hydrogen (secondary N) is 1. The van der Waals surface area contributed by atoms with Crippen LogP contribution in [-0.4, -0.2) is 85.6 Å². The Morgan fingerprint density at radius 1 is 1.27 bits per heavy atom. The van der Waals surface area contributed by atoms with Gasteiger partial charge in [-0.2, -0.15) is 0 Å². The highest BCUT2D eigenvalue weighted by atomic mass is 16.3. The molecule has 0 aromatic rings. The van der Waals surface area contributed by atoms with E-state index in [0.29, 0.717) is 6.54 Å². The molecule has 1 atom stereocenters. The highest BCUT2D eigenvalue weighted by molar-refractivity contribution is 4.70. The van der Waals surface area contributed by atoms with Gasteiger partial charge in [0.05, 0.1) is 12.7 Å². The summed E-state index contributed by atoms with van der Waals surface area (Å²) >= 11 is 0. The molecule has 1 rings (SSSR count). The molecule has 1 aliphatic heterocycles. The number of piperazine rings is 1. The molecule has 1 heterocycles. The highest BCUT2D eigenvalue weighted by Gasteiger charge is 2.12. The number of likely N-dealkylation sites (N-methyl/N-ethyl adjacent to an activating group) is 1. The number of rotatable bonds is 6. The average Bonchev–Trinajstić information content (AvgIpc) is 2.26. The van der Waals surface area contributed by atoms with Gasteiger partial charge in [-0.3, -0.25) is 4.90 Å². The van der Waals surface area contributed by atoms with E-state index < -0.39 is 6.10 Å². The minimum Gasteiger partial charge on any atom is -0.394 e. The second-order valence-electron chi connectivity index (χ2n) is 4.19. The van der Waals surface area contributed by atoms with Crippen LogP contribution in [0.15, 0.2) is 0 Å². The Kier molecular flexibility index (Phi) is 6.12. The summed E-state index contributed by atoms with van der Waals surface area (Å²) in [6.07, 6.45) is -0.627. The Hall–Kier alpha value is -0.200. The van der Waals surface area contributed by atoms with Crippen molar-refractivity contribution in [2.75, 3.05) is 59.5 Å². The Morgan fingerprint density at radius 3 is 2.53 bits per heavy atom. The van der Waals surface area contributed by atoms with Crippen molar-refractivity contribution in [3.05, 3.63) is 0 Å². The van der Waals surface area contributed by atoms with Gasteiger partial charge in [-0.25, -0.2) is 0 Å². The average molecular weight is 217 g/mol. The fraction of sp³-hybridized carbons (Fsp3) is 1.00. The van der Waals surface area contributed by atoms with E-state index in [1.54, 1.807) is 0 Å². The van der Waals surface area contributed by atoms with Crippen LogP contribution in [0.2, 0.25) is 0 Å². The quantitative estimate of drug-likeness (QED) is 0.457. The van der Waals surface area contributed by atoms with E-state index in [4.69, 9.17) is 10.2 Å². The monoisotopic (exact) mass is 217 g/mol. The number of aliphatic hydroxyl groups is 2. The topological polar surface area (TPSA) is 59.0 Å². The van der Waals surface area contributed by atoms with Gasteiger partial charge in [0, 0.05) is 45.8 Å². The van der Waals surface area contributed by atoms with Gasteiger partial charge in [-0.1, -0.05) is 0 Å². The zero-order chi connectivity index (χ0) is 11.1. The molecule has 1 unspecified atom stereocenters. The molecule has 0 radical (unpaired) electrons. The number of hydrogen-bond acceptors (Lipinski definition) is 5. The van der Waals surface area contributed by atoms with Gasteiger partial charge >= 0.3 is 0 Å². The lowest BCUT2D eigenvalue weighted by Gasteiger charge is -2.32. The molecule has 1 aliphatic rings. The Balaban J connectivity index is 1.96. The van der Waals surface area contributed by atoms with Gasteiger partial charge in [0.2, 0.25) is 0 Å². The zero-order valence-corrected chi connectivity index (χ0v) is 9.52. The van der Waals surface area contributed by atoms with Crippen LogP contribution in [0.25, 0.3) is 0 Å². The predicted octanol–water partition coefficient (Wildman–Crippen LogP) is -1.82. The van der Waals surface area contributed by atoms with Gasteiger partial charge in [0.15, 0.2) is 0 Å². The Morgan fingerprint density at radius 2 is 1.93 bits per heavy atom. The minimum atomic E-state index is -0.627. The molecule has 5 heteroatoms. The number of aliphatic hydroxyl groups excluding tert-OH is 2. The molecule has 90 valence electrons.